The van der Waals surface area contributed by atoms with E-state index in [4.69, 9.17) is 0 Å². The molecule has 152 valence electrons. The van der Waals surface area contributed by atoms with Crippen molar-refractivity contribution in [1.82, 2.24) is 19.4 Å². The zero-order valence-electron chi connectivity index (χ0n) is 17.0. The Morgan fingerprint density at radius 2 is 1.90 bits per heavy atom. The van der Waals surface area contributed by atoms with Crippen LogP contribution < -0.4 is 0 Å². The maximum absolute atomic E-state index is 12.9. The van der Waals surface area contributed by atoms with E-state index in [9.17, 15) is 9.90 Å². The lowest BCUT2D eigenvalue weighted by atomic mass is 9.77. The van der Waals surface area contributed by atoms with Crippen LogP contribution in [-0.2, 0) is 16.9 Å². The van der Waals surface area contributed by atoms with Gasteiger partial charge in [-0.15, -0.1) is 0 Å². The fourth-order valence-corrected chi connectivity index (χ4v) is 4.56. The van der Waals surface area contributed by atoms with E-state index >= 15 is 0 Å². The summed E-state index contributed by atoms with van der Waals surface area (Å²) in [4.78, 5) is 21.1. The highest BCUT2D eigenvalue weighted by molar-refractivity contribution is 5.77. The van der Waals surface area contributed by atoms with E-state index in [0.717, 1.165) is 16.6 Å². The maximum Gasteiger partial charge on any atom is 0.224 e. The van der Waals surface area contributed by atoms with E-state index in [1.165, 1.54) is 0 Å². The van der Waals surface area contributed by atoms with Crippen LogP contribution in [0.25, 0.3) is 11.0 Å². The molecule has 6 heteroatoms. The van der Waals surface area contributed by atoms with Crippen LogP contribution in [0.1, 0.15) is 18.4 Å². The lowest BCUT2D eigenvalue weighted by Gasteiger charge is -2.49. The van der Waals surface area contributed by atoms with E-state index in [1.807, 2.05) is 61.1 Å². The quantitative estimate of drug-likeness (QED) is 0.725. The monoisotopic (exact) mass is 392 g/mol. The number of imidazole rings is 1. The van der Waals surface area contributed by atoms with Crippen LogP contribution in [0.3, 0.4) is 0 Å². The van der Waals surface area contributed by atoms with Gasteiger partial charge in [-0.3, -0.25) is 9.69 Å². The first kappa shape index (κ1) is 19.6. The molecule has 1 aliphatic rings. The molecule has 1 fully saturated rings. The summed E-state index contributed by atoms with van der Waals surface area (Å²) >= 11 is 0. The largest absolute Gasteiger partial charge is 0.389 e. The maximum atomic E-state index is 12.9. The highest BCUT2D eigenvalue weighted by Crippen LogP contribution is 2.37. The molecular formula is C23H28N4O2. The molecule has 1 aliphatic heterocycles. The van der Waals surface area contributed by atoms with Gasteiger partial charge in [-0.2, -0.15) is 0 Å². The summed E-state index contributed by atoms with van der Waals surface area (Å²) in [6, 6.07) is 18.0. The molecule has 1 N–H and O–H groups in total. The molecule has 0 aliphatic carbocycles. The molecule has 0 radical (unpaired) electrons. The number of nitrogens with zero attached hydrogens (tertiary/aromatic N) is 4. The molecule has 29 heavy (non-hydrogen) atoms. The smallest absolute Gasteiger partial charge is 0.224 e. The number of aromatic nitrogens is 2. The van der Waals surface area contributed by atoms with E-state index in [1.54, 1.807) is 11.2 Å². The van der Waals surface area contributed by atoms with Crippen LogP contribution >= 0.6 is 0 Å². The van der Waals surface area contributed by atoms with Gasteiger partial charge in [0.25, 0.3) is 0 Å². The van der Waals surface area contributed by atoms with Crippen molar-refractivity contribution < 1.29 is 9.90 Å². The van der Waals surface area contributed by atoms with Crippen LogP contribution in [0.5, 0.6) is 0 Å². The third-order valence-corrected chi connectivity index (χ3v) is 6.23. The van der Waals surface area contributed by atoms with Crippen LogP contribution in [0.2, 0.25) is 0 Å². The number of carbonyl (C=O) groups excluding carboxylic acids is 1. The van der Waals surface area contributed by atoms with Gasteiger partial charge < -0.3 is 14.6 Å². The third-order valence-electron chi connectivity index (χ3n) is 6.23. The number of benzene rings is 2. The Kier molecular flexibility index (Phi) is 5.39. The number of likely N-dealkylation sites (N-methyl/N-ethyl adjacent to an activating group) is 1. The molecule has 2 atom stereocenters. The Hall–Kier alpha value is -2.70. The van der Waals surface area contributed by atoms with Gasteiger partial charge in [-0.1, -0.05) is 42.5 Å². The summed E-state index contributed by atoms with van der Waals surface area (Å²) in [6.07, 6.45) is 2.24. The van der Waals surface area contributed by atoms with E-state index in [0.29, 0.717) is 32.5 Å². The summed E-state index contributed by atoms with van der Waals surface area (Å²) < 4.78 is 2.02. The number of fused-ring (bicyclic) bond motifs is 1. The molecule has 3 aromatic rings. The second kappa shape index (κ2) is 7.97. The van der Waals surface area contributed by atoms with Crippen LogP contribution in [0.15, 0.2) is 60.9 Å². The molecule has 1 amide bonds. The van der Waals surface area contributed by atoms with Gasteiger partial charge in [0.1, 0.15) is 0 Å². The molecule has 0 bridgehead atoms. The molecular weight excluding hydrogens is 364 g/mol. The molecule has 1 saturated heterocycles. The number of amides is 1. The van der Waals surface area contributed by atoms with Gasteiger partial charge in [0.15, 0.2) is 0 Å². The number of para-hydroxylation sites is 2. The van der Waals surface area contributed by atoms with Crippen molar-refractivity contribution >= 4 is 16.9 Å². The van der Waals surface area contributed by atoms with Crippen molar-refractivity contribution in [3.8, 4) is 0 Å². The lowest BCUT2D eigenvalue weighted by molar-refractivity contribution is -0.141. The van der Waals surface area contributed by atoms with Crippen molar-refractivity contribution in [2.24, 2.45) is 0 Å². The number of rotatable bonds is 5. The predicted octanol–water partition coefficient (Wildman–Crippen LogP) is 2.48. The number of aliphatic hydroxyl groups is 1. The highest BCUT2D eigenvalue weighted by atomic mass is 16.3. The molecule has 2 heterocycles. The van der Waals surface area contributed by atoms with Crippen LogP contribution in [0, 0.1) is 0 Å². The highest BCUT2D eigenvalue weighted by Gasteiger charge is 2.46. The minimum absolute atomic E-state index is 0.0715. The second-order valence-electron chi connectivity index (χ2n) is 7.97. The van der Waals surface area contributed by atoms with E-state index in [2.05, 4.69) is 22.0 Å². The first-order valence-corrected chi connectivity index (χ1v) is 10.1. The van der Waals surface area contributed by atoms with Gasteiger partial charge in [0, 0.05) is 26.1 Å². The summed E-state index contributed by atoms with van der Waals surface area (Å²) in [5, 5.41) is 11.1. The van der Waals surface area contributed by atoms with Gasteiger partial charge in [0.05, 0.1) is 29.0 Å². The number of hydrogen-bond donors (Lipinski definition) is 1. The predicted molar refractivity (Wildman–Crippen MR) is 113 cm³/mol. The number of carbonyl (C=O) groups is 1. The molecule has 0 unspecified atom stereocenters. The van der Waals surface area contributed by atoms with Gasteiger partial charge in [-0.05, 0) is 38.2 Å². The standard InChI is InChI=1S/C23H28N4O2/c1-25(2)23(18-8-4-3-5-9-18)13-15-26(16-21(23)28)22(29)12-14-27-17-24-19-10-6-7-11-20(19)27/h3-11,17,21,28H,12-16H2,1-2H3/t21-,23+/m1/s1. The summed E-state index contributed by atoms with van der Waals surface area (Å²) in [6.45, 7) is 1.56. The molecule has 4 rings (SSSR count). The van der Waals surface area contributed by atoms with E-state index < -0.39 is 11.6 Å². The molecule has 0 saturated carbocycles. The Morgan fingerprint density at radius 1 is 1.17 bits per heavy atom. The van der Waals surface area contributed by atoms with Crippen LogP contribution in [-0.4, -0.2) is 63.7 Å². The van der Waals surface area contributed by atoms with Gasteiger partial charge in [-0.25, -0.2) is 4.98 Å². The first-order valence-electron chi connectivity index (χ1n) is 10.1. The van der Waals surface area contributed by atoms with Crippen molar-refractivity contribution in [2.45, 2.75) is 31.0 Å². The summed E-state index contributed by atoms with van der Waals surface area (Å²) in [5.41, 5.74) is 2.59. The summed E-state index contributed by atoms with van der Waals surface area (Å²) in [5.74, 6) is 0.0715. The fraction of sp³-hybridized carbons (Fsp3) is 0.391. The van der Waals surface area contributed by atoms with Crippen molar-refractivity contribution in [2.75, 3.05) is 27.2 Å². The minimum atomic E-state index is -0.647. The first-order chi connectivity index (χ1) is 14.0. The third kappa shape index (κ3) is 3.54. The zero-order valence-corrected chi connectivity index (χ0v) is 17.0. The Balaban J connectivity index is 1.44. The van der Waals surface area contributed by atoms with Gasteiger partial charge >= 0.3 is 0 Å². The Bertz CT molecular complexity index is 985. The SMILES string of the molecule is CN(C)[C@]1(c2ccccc2)CCN(C(=O)CCn2cnc3ccccc32)C[C@H]1O. The van der Waals surface area contributed by atoms with E-state index in [-0.39, 0.29) is 5.91 Å². The second-order valence-corrected chi connectivity index (χ2v) is 7.97. The molecule has 0 spiro atoms. The summed E-state index contributed by atoms with van der Waals surface area (Å²) in [7, 11) is 4.00. The number of piperidine rings is 1. The van der Waals surface area contributed by atoms with Crippen LogP contribution in [0.4, 0.5) is 0 Å². The average molecular weight is 393 g/mol. The number of likely N-dealkylation sites (tertiary alicyclic amines) is 1. The normalized spacial score (nSPS) is 22.3. The lowest BCUT2D eigenvalue weighted by Crippen LogP contribution is -2.60. The number of hydrogen-bond acceptors (Lipinski definition) is 4. The molecule has 2 aromatic carbocycles. The Labute approximate surface area is 171 Å². The number of aliphatic hydroxyl groups excluding tert-OH is 1. The fourth-order valence-electron chi connectivity index (χ4n) is 4.56. The number of β-amino-alcohol motifs (C(OH)–C–C–N with tert-alkyl or cyclic N) is 1. The van der Waals surface area contributed by atoms with Crippen molar-refractivity contribution in [3.63, 3.8) is 0 Å². The Morgan fingerprint density at radius 3 is 2.62 bits per heavy atom. The average Bonchev–Trinajstić information content (AvgIpc) is 3.15. The minimum Gasteiger partial charge on any atom is -0.389 e. The molecule has 1 aromatic heterocycles. The number of aryl methyl sites for hydroxylation is 1. The van der Waals surface area contributed by atoms with Gasteiger partial charge in [0.2, 0.25) is 5.91 Å². The zero-order chi connectivity index (χ0) is 20.4. The van der Waals surface area contributed by atoms with Crippen molar-refractivity contribution in [1.29, 1.82) is 0 Å². The molecule has 6 nitrogen and oxygen atoms in total. The van der Waals surface area contributed by atoms with Crippen molar-refractivity contribution in [3.05, 3.63) is 66.5 Å². The topological polar surface area (TPSA) is 61.6 Å².